The van der Waals surface area contributed by atoms with E-state index < -0.39 is 10.0 Å². The first-order chi connectivity index (χ1) is 9.01. The van der Waals surface area contributed by atoms with E-state index >= 15 is 0 Å². The second kappa shape index (κ2) is 6.25. The number of sulfonamides is 1. The van der Waals surface area contributed by atoms with Crippen molar-refractivity contribution in [3.05, 3.63) is 11.8 Å². The van der Waals surface area contributed by atoms with Gasteiger partial charge in [-0.2, -0.15) is 21.2 Å². The van der Waals surface area contributed by atoms with E-state index in [1.54, 1.807) is 18.0 Å². The van der Waals surface area contributed by atoms with Gasteiger partial charge in [0.05, 0.1) is 6.20 Å². The molecular weight excluding hydrogens is 284 g/mol. The number of hydrogen-bond acceptors (Lipinski definition) is 5. The van der Waals surface area contributed by atoms with Crippen molar-refractivity contribution in [3.8, 4) is 0 Å². The number of aromatic amines is 1. The molecule has 2 rings (SSSR count). The van der Waals surface area contributed by atoms with Crippen molar-refractivity contribution in [2.45, 2.75) is 31.5 Å². The molecule has 0 unspecified atom stereocenters. The molecule has 1 saturated heterocycles. The van der Waals surface area contributed by atoms with Gasteiger partial charge >= 0.3 is 0 Å². The molecule has 0 amide bonds. The van der Waals surface area contributed by atoms with Crippen LogP contribution in [0.2, 0.25) is 0 Å². The highest BCUT2D eigenvalue weighted by Gasteiger charge is 2.29. The lowest BCUT2D eigenvalue weighted by Gasteiger charge is -2.25. The zero-order valence-electron chi connectivity index (χ0n) is 11.2. The van der Waals surface area contributed by atoms with Crippen molar-refractivity contribution in [2.75, 3.05) is 24.6 Å². The number of hydrogen-bond donors (Lipinski definition) is 2. The van der Waals surface area contributed by atoms with E-state index in [2.05, 4.69) is 15.5 Å². The summed E-state index contributed by atoms with van der Waals surface area (Å²) >= 11 is 1.79. The summed E-state index contributed by atoms with van der Waals surface area (Å²) < 4.78 is 26.6. The number of rotatable bonds is 5. The Morgan fingerprint density at radius 1 is 1.47 bits per heavy atom. The highest BCUT2D eigenvalue weighted by atomic mass is 32.2. The average Bonchev–Trinajstić information content (AvgIpc) is 2.86. The van der Waals surface area contributed by atoms with E-state index in [1.165, 1.54) is 4.31 Å². The van der Waals surface area contributed by atoms with Crippen LogP contribution in [0.15, 0.2) is 11.2 Å². The van der Waals surface area contributed by atoms with E-state index in [4.69, 9.17) is 0 Å². The third-order valence-corrected chi connectivity index (χ3v) is 5.80. The summed E-state index contributed by atoms with van der Waals surface area (Å²) in [5.41, 5.74) is 0.701. The van der Waals surface area contributed by atoms with Gasteiger partial charge in [0.1, 0.15) is 0 Å². The van der Waals surface area contributed by atoms with Crippen LogP contribution in [0.3, 0.4) is 0 Å². The maximum absolute atomic E-state index is 12.5. The van der Waals surface area contributed by atoms with Crippen LogP contribution in [-0.4, -0.2) is 53.6 Å². The second-order valence-electron chi connectivity index (χ2n) is 4.78. The van der Waals surface area contributed by atoms with Gasteiger partial charge in [0.15, 0.2) is 5.03 Å². The fourth-order valence-corrected chi connectivity index (χ4v) is 4.56. The summed E-state index contributed by atoms with van der Waals surface area (Å²) in [5, 5.41) is 9.97. The van der Waals surface area contributed by atoms with Gasteiger partial charge in [0.2, 0.25) is 0 Å². The van der Waals surface area contributed by atoms with Crippen LogP contribution in [0, 0.1) is 0 Å². The van der Waals surface area contributed by atoms with E-state index in [-0.39, 0.29) is 5.03 Å². The van der Waals surface area contributed by atoms with Crippen molar-refractivity contribution in [1.82, 2.24) is 19.8 Å². The Morgan fingerprint density at radius 3 is 2.79 bits per heavy atom. The lowest BCUT2D eigenvalue weighted by atomic mass is 10.3. The molecule has 8 heteroatoms. The monoisotopic (exact) mass is 304 g/mol. The summed E-state index contributed by atoms with van der Waals surface area (Å²) in [7, 11) is -3.44. The van der Waals surface area contributed by atoms with Gasteiger partial charge in [-0.3, -0.25) is 5.10 Å². The van der Waals surface area contributed by atoms with E-state index in [1.807, 2.05) is 13.8 Å². The van der Waals surface area contributed by atoms with Crippen LogP contribution in [0.25, 0.3) is 0 Å². The number of H-pyrrole nitrogens is 1. The fraction of sp³-hybridized carbons (Fsp3) is 0.727. The van der Waals surface area contributed by atoms with Gasteiger partial charge in [0, 0.05) is 42.7 Å². The van der Waals surface area contributed by atoms with Crippen LogP contribution >= 0.6 is 11.8 Å². The summed E-state index contributed by atoms with van der Waals surface area (Å²) in [6.45, 7) is 5.70. The maximum Gasteiger partial charge on any atom is 0.260 e. The van der Waals surface area contributed by atoms with Crippen LogP contribution in [0.1, 0.15) is 19.4 Å². The fourth-order valence-electron chi connectivity index (χ4n) is 1.88. The molecule has 6 nitrogen and oxygen atoms in total. The predicted octanol–water partition coefficient (Wildman–Crippen LogP) is 0.645. The second-order valence-corrected chi connectivity index (χ2v) is 7.88. The largest absolute Gasteiger partial charge is 0.310 e. The Hall–Kier alpha value is -0.570. The normalized spacial score (nSPS) is 18.1. The number of nitrogens with zero attached hydrogens (tertiary/aromatic N) is 2. The Morgan fingerprint density at radius 2 is 2.16 bits per heavy atom. The molecule has 1 aromatic rings. The molecule has 1 aliphatic heterocycles. The van der Waals surface area contributed by atoms with Gasteiger partial charge in [-0.1, -0.05) is 13.8 Å². The predicted molar refractivity (Wildman–Crippen MR) is 76.6 cm³/mol. The van der Waals surface area contributed by atoms with E-state index in [9.17, 15) is 8.42 Å². The average molecular weight is 304 g/mol. The van der Waals surface area contributed by atoms with E-state index in [0.717, 1.165) is 11.5 Å². The molecule has 19 heavy (non-hydrogen) atoms. The molecule has 0 spiro atoms. The van der Waals surface area contributed by atoms with Crippen molar-refractivity contribution in [3.63, 3.8) is 0 Å². The molecule has 1 aliphatic rings. The molecule has 1 aromatic heterocycles. The summed E-state index contributed by atoms with van der Waals surface area (Å²) in [5.74, 6) is 1.71. The molecule has 0 saturated carbocycles. The van der Waals surface area contributed by atoms with Gasteiger partial charge in [-0.15, -0.1) is 0 Å². The van der Waals surface area contributed by atoms with Crippen molar-refractivity contribution in [1.29, 1.82) is 0 Å². The third-order valence-electron chi connectivity index (χ3n) is 2.95. The van der Waals surface area contributed by atoms with Crippen molar-refractivity contribution in [2.24, 2.45) is 0 Å². The van der Waals surface area contributed by atoms with Crippen LogP contribution in [0.4, 0.5) is 0 Å². The number of nitrogens with one attached hydrogen (secondary N) is 2. The quantitative estimate of drug-likeness (QED) is 0.835. The molecule has 0 bridgehead atoms. The van der Waals surface area contributed by atoms with E-state index in [0.29, 0.717) is 31.2 Å². The first-order valence-corrected chi connectivity index (χ1v) is 8.95. The Kier molecular flexibility index (Phi) is 4.88. The molecule has 108 valence electrons. The molecule has 0 radical (unpaired) electrons. The van der Waals surface area contributed by atoms with Crippen molar-refractivity contribution < 1.29 is 8.42 Å². The Bertz CT molecular complexity index is 507. The molecule has 0 aromatic carbocycles. The van der Waals surface area contributed by atoms with Gasteiger partial charge < -0.3 is 5.32 Å². The highest BCUT2D eigenvalue weighted by Crippen LogP contribution is 2.21. The number of thioether (sulfide) groups is 1. The SMILES string of the molecule is CC(C)NCc1cn[nH]c1S(=O)(=O)N1CCSCC1. The first kappa shape index (κ1) is 14.8. The maximum atomic E-state index is 12.5. The lowest BCUT2D eigenvalue weighted by molar-refractivity contribution is 0.439. The number of aromatic nitrogens is 2. The minimum absolute atomic E-state index is 0.229. The third kappa shape index (κ3) is 3.50. The minimum atomic E-state index is -3.44. The Labute approximate surface area is 118 Å². The van der Waals surface area contributed by atoms with Gasteiger partial charge in [-0.05, 0) is 0 Å². The summed E-state index contributed by atoms with van der Waals surface area (Å²) in [6.07, 6.45) is 1.58. The van der Waals surface area contributed by atoms with Crippen LogP contribution in [0.5, 0.6) is 0 Å². The molecule has 0 aliphatic carbocycles. The minimum Gasteiger partial charge on any atom is -0.310 e. The van der Waals surface area contributed by atoms with Crippen LogP contribution < -0.4 is 5.32 Å². The van der Waals surface area contributed by atoms with Crippen LogP contribution in [-0.2, 0) is 16.6 Å². The van der Waals surface area contributed by atoms with Gasteiger partial charge in [-0.25, -0.2) is 8.42 Å². The summed E-state index contributed by atoms with van der Waals surface area (Å²) in [6, 6.07) is 0.303. The molecule has 2 heterocycles. The zero-order chi connectivity index (χ0) is 13.9. The molecule has 0 atom stereocenters. The first-order valence-electron chi connectivity index (χ1n) is 6.35. The zero-order valence-corrected chi connectivity index (χ0v) is 12.9. The topological polar surface area (TPSA) is 78.1 Å². The molecule has 2 N–H and O–H groups in total. The Balaban J connectivity index is 2.18. The molecular formula is C11H20N4O2S2. The lowest BCUT2D eigenvalue weighted by Crippen LogP contribution is -2.38. The highest BCUT2D eigenvalue weighted by molar-refractivity contribution is 7.99. The summed E-state index contributed by atoms with van der Waals surface area (Å²) in [4.78, 5) is 0. The standard InChI is InChI=1S/C11H20N4O2S2/c1-9(2)12-7-10-8-13-14-11(10)19(16,17)15-3-5-18-6-4-15/h8-9,12H,3-7H2,1-2H3,(H,13,14). The molecule has 1 fully saturated rings. The van der Waals surface area contributed by atoms with Crippen molar-refractivity contribution >= 4 is 21.8 Å². The van der Waals surface area contributed by atoms with Gasteiger partial charge in [0.25, 0.3) is 10.0 Å². The smallest absolute Gasteiger partial charge is 0.260 e.